The van der Waals surface area contributed by atoms with Crippen molar-refractivity contribution in [1.82, 2.24) is 5.32 Å². The summed E-state index contributed by atoms with van der Waals surface area (Å²) >= 11 is 0. The topological polar surface area (TPSA) is 79.2 Å². The van der Waals surface area contributed by atoms with Crippen molar-refractivity contribution in [3.05, 3.63) is 41.7 Å². The van der Waals surface area contributed by atoms with Gasteiger partial charge in [0.15, 0.2) is 6.61 Å². The third-order valence-electron chi connectivity index (χ3n) is 3.65. The van der Waals surface area contributed by atoms with Crippen LogP contribution in [0.2, 0.25) is 0 Å². The maximum absolute atomic E-state index is 12.7. The first-order valence-corrected chi connectivity index (χ1v) is 7.25. The highest BCUT2D eigenvalue weighted by Crippen LogP contribution is 2.39. The molecule has 0 radical (unpaired) electrons. The minimum absolute atomic E-state index is 0.158. The third-order valence-corrected chi connectivity index (χ3v) is 3.65. The van der Waals surface area contributed by atoms with Gasteiger partial charge in [-0.15, -0.1) is 0 Å². The van der Waals surface area contributed by atoms with Crippen LogP contribution in [0, 0.1) is 23.1 Å². The van der Waals surface area contributed by atoms with Crippen molar-refractivity contribution < 1.29 is 18.7 Å². The Morgan fingerprint density at radius 1 is 1.43 bits per heavy atom. The minimum Gasteiger partial charge on any atom is -0.452 e. The molecule has 120 valence electrons. The molecule has 2 rings (SSSR count). The SMILES string of the molecule is C[C@@](C#N)(NC(=O)COC(=O)/C=C/c1ccc(F)cc1)C1CC1. The zero-order valence-corrected chi connectivity index (χ0v) is 12.7. The standard InChI is InChI=1S/C17H17FN2O3/c1-17(11-19,13-5-6-13)20-15(21)10-23-16(22)9-4-12-2-7-14(18)8-3-12/h2-4,7-9,13H,5-6,10H2,1H3,(H,20,21)/b9-4+/t17-/m0/s1. The van der Waals surface area contributed by atoms with Gasteiger partial charge in [0.2, 0.25) is 0 Å². The summed E-state index contributed by atoms with van der Waals surface area (Å²) in [6.07, 6.45) is 4.43. The van der Waals surface area contributed by atoms with Crippen LogP contribution in [-0.4, -0.2) is 24.0 Å². The van der Waals surface area contributed by atoms with Gasteiger partial charge in [-0.3, -0.25) is 4.79 Å². The molecule has 1 N–H and O–H groups in total. The van der Waals surface area contributed by atoms with Gasteiger partial charge >= 0.3 is 5.97 Å². The molecule has 1 aromatic rings. The molecule has 1 saturated carbocycles. The molecule has 1 atom stereocenters. The normalized spacial score (nSPS) is 16.4. The zero-order valence-electron chi connectivity index (χ0n) is 12.7. The van der Waals surface area contributed by atoms with Crippen LogP contribution in [0.5, 0.6) is 0 Å². The van der Waals surface area contributed by atoms with Crippen LogP contribution in [0.3, 0.4) is 0 Å². The molecule has 6 heteroatoms. The Balaban J connectivity index is 1.78. The van der Waals surface area contributed by atoms with E-state index < -0.39 is 24.0 Å². The lowest BCUT2D eigenvalue weighted by Gasteiger charge is -2.22. The molecule has 1 aliphatic carbocycles. The van der Waals surface area contributed by atoms with Gasteiger partial charge in [-0.2, -0.15) is 5.26 Å². The summed E-state index contributed by atoms with van der Waals surface area (Å²) in [4.78, 5) is 23.3. The summed E-state index contributed by atoms with van der Waals surface area (Å²) in [5, 5.41) is 11.7. The number of halogens is 1. The molecule has 0 spiro atoms. The van der Waals surface area contributed by atoms with Gasteiger partial charge in [-0.1, -0.05) is 12.1 Å². The molecule has 0 aromatic heterocycles. The summed E-state index contributed by atoms with van der Waals surface area (Å²) in [6, 6.07) is 7.67. The molecule has 1 aromatic carbocycles. The predicted molar refractivity (Wildman–Crippen MR) is 81.3 cm³/mol. The van der Waals surface area contributed by atoms with Crippen molar-refractivity contribution in [1.29, 1.82) is 5.26 Å². The number of ether oxygens (including phenoxy) is 1. The summed E-state index contributed by atoms with van der Waals surface area (Å²) in [5.74, 6) is -1.40. The summed E-state index contributed by atoms with van der Waals surface area (Å²) in [6.45, 7) is 1.22. The van der Waals surface area contributed by atoms with E-state index in [-0.39, 0.29) is 11.7 Å². The van der Waals surface area contributed by atoms with E-state index in [4.69, 9.17) is 10.00 Å². The van der Waals surface area contributed by atoms with Crippen molar-refractivity contribution in [3.63, 3.8) is 0 Å². The van der Waals surface area contributed by atoms with Crippen molar-refractivity contribution in [3.8, 4) is 6.07 Å². The predicted octanol–water partition coefficient (Wildman–Crippen LogP) is 2.19. The number of nitriles is 1. The lowest BCUT2D eigenvalue weighted by molar-refractivity contribution is -0.144. The Labute approximate surface area is 133 Å². The van der Waals surface area contributed by atoms with Gasteiger partial charge < -0.3 is 10.1 Å². The molecule has 1 amide bonds. The van der Waals surface area contributed by atoms with Crippen molar-refractivity contribution in [2.24, 2.45) is 5.92 Å². The number of nitrogens with one attached hydrogen (secondary N) is 1. The molecule has 5 nitrogen and oxygen atoms in total. The third kappa shape index (κ3) is 4.92. The van der Waals surface area contributed by atoms with Crippen LogP contribution in [0.4, 0.5) is 4.39 Å². The van der Waals surface area contributed by atoms with Crippen molar-refractivity contribution in [2.75, 3.05) is 6.61 Å². The van der Waals surface area contributed by atoms with E-state index in [9.17, 15) is 14.0 Å². The van der Waals surface area contributed by atoms with E-state index in [2.05, 4.69) is 11.4 Å². The zero-order chi connectivity index (χ0) is 16.9. The molecule has 0 aliphatic heterocycles. The number of rotatable bonds is 6. The number of nitrogens with zero attached hydrogens (tertiary/aromatic N) is 1. The maximum Gasteiger partial charge on any atom is 0.331 e. The van der Waals surface area contributed by atoms with Gasteiger partial charge in [0, 0.05) is 6.08 Å². The molecular weight excluding hydrogens is 299 g/mol. The first-order valence-electron chi connectivity index (χ1n) is 7.25. The monoisotopic (exact) mass is 316 g/mol. The van der Waals surface area contributed by atoms with Gasteiger partial charge in [0.1, 0.15) is 11.4 Å². The van der Waals surface area contributed by atoms with Crippen LogP contribution in [0.15, 0.2) is 30.3 Å². The lowest BCUT2D eigenvalue weighted by Crippen LogP contribution is -2.48. The van der Waals surface area contributed by atoms with Crippen LogP contribution in [0.25, 0.3) is 6.08 Å². The quantitative estimate of drug-likeness (QED) is 0.644. The second kappa shape index (κ2) is 7.05. The van der Waals surface area contributed by atoms with Gasteiger partial charge in [-0.25, -0.2) is 9.18 Å². The molecule has 0 saturated heterocycles. The van der Waals surface area contributed by atoms with Crippen LogP contribution in [-0.2, 0) is 14.3 Å². The van der Waals surface area contributed by atoms with Gasteiger partial charge in [0.25, 0.3) is 5.91 Å². The summed E-state index contributed by atoms with van der Waals surface area (Å²) in [7, 11) is 0. The highest BCUT2D eigenvalue weighted by Gasteiger charge is 2.43. The maximum atomic E-state index is 12.7. The van der Waals surface area contributed by atoms with E-state index in [1.165, 1.54) is 30.3 Å². The fourth-order valence-corrected chi connectivity index (χ4v) is 2.13. The van der Waals surface area contributed by atoms with Crippen LogP contribution in [0.1, 0.15) is 25.3 Å². The van der Waals surface area contributed by atoms with E-state index in [1.54, 1.807) is 6.92 Å². The van der Waals surface area contributed by atoms with E-state index in [1.807, 2.05) is 0 Å². The number of amides is 1. The molecule has 0 bridgehead atoms. The molecule has 23 heavy (non-hydrogen) atoms. The smallest absolute Gasteiger partial charge is 0.331 e. The van der Waals surface area contributed by atoms with Gasteiger partial charge in [-0.05, 0) is 49.5 Å². The van der Waals surface area contributed by atoms with Crippen molar-refractivity contribution >= 4 is 18.0 Å². The Morgan fingerprint density at radius 2 is 2.09 bits per heavy atom. The Hall–Kier alpha value is -2.68. The minimum atomic E-state index is -0.909. The Kier molecular flexibility index (Phi) is 5.12. The Morgan fingerprint density at radius 3 is 2.65 bits per heavy atom. The molecule has 1 aliphatic rings. The highest BCUT2D eigenvalue weighted by molar-refractivity contribution is 5.89. The second-order valence-corrected chi connectivity index (χ2v) is 5.63. The average molecular weight is 316 g/mol. The Bertz CT molecular complexity index is 659. The average Bonchev–Trinajstić information content (AvgIpc) is 3.37. The number of hydrogen-bond donors (Lipinski definition) is 1. The summed E-state index contributed by atoms with van der Waals surface area (Å²) < 4.78 is 17.6. The van der Waals surface area contributed by atoms with Crippen molar-refractivity contribution in [2.45, 2.75) is 25.3 Å². The van der Waals surface area contributed by atoms with Crippen LogP contribution >= 0.6 is 0 Å². The molecular formula is C17H17FN2O3. The fraction of sp³-hybridized carbons (Fsp3) is 0.353. The number of esters is 1. The lowest BCUT2D eigenvalue weighted by atomic mass is 9.98. The first-order chi connectivity index (χ1) is 10.9. The fourth-order valence-electron chi connectivity index (χ4n) is 2.13. The molecule has 0 heterocycles. The largest absolute Gasteiger partial charge is 0.452 e. The van der Waals surface area contributed by atoms with E-state index in [0.29, 0.717) is 5.56 Å². The van der Waals surface area contributed by atoms with Gasteiger partial charge in [0.05, 0.1) is 6.07 Å². The van der Waals surface area contributed by atoms with E-state index >= 15 is 0 Å². The number of carbonyl (C=O) groups is 2. The summed E-state index contributed by atoms with van der Waals surface area (Å²) in [5.41, 5.74) is -0.272. The van der Waals surface area contributed by atoms with E-state index in [0.717, 1.165) is 18.9 Å². The molecule has 0 unspecified atom stereocenters. The number of hydrogen-bond acceptors (Lipinski definition) is 4. The first kappa shape index (κ1) is 16.7. The highest BCUT2D eigenvalue weighted by atomic mass is 19.1. The molecule has 1 fully saturated rings. The number of benzene rings is 1. The number of carbonyl (C=O) groups excluding carboxylic acids is 2. The second-order valence-electron chi connectivity index (χ2n) is 5.63. The van der Waals surface area contributed by atoms with Crippen LogP contribution < -0.4 is 5.32 Å².